The van der Waals surface area contributed by atoms with Crippen LogP contribution in [-0.2, 0) is 11.2 Å². The number of carbonyl (C=O) groups is 1. The van der Waals surface area contributed by atoms with Crippen molar-refractivity contribution in [2.45, 2.75) is 46.0 Å². The van der Waals surface area contributed by atoms with Crippen molar-refractivity contribution in [1.82, 2.24) is 9.97 Å². The average molecular weight is 295 g/mol. The van der Waals surface area contributed by atoms with Gasteiger partial charge in [0.15, 0.2) is 11.6 Å². The Bertz CT molecular complexity index is 514. The molecular weight excluding hydrogens is 273 g/mol. The lowest BCUT2D eigenvalue weighted by Gasteiger charge is -2.39. The fourth-order valence-electron chi connectivity index (χ4n) is 3.06. The number of carboxylic acids is 1. The number of hydrogen-bond donors (Lipinski definition) is 1. The van der Waals surface area contributed by atoms with Crippen LogP contribution in [0.2, 0.25) is 0 Å². The molecular formula is C15H22FN3O2. The second-order valence-corrected chi connectivity index (χ2v) is 5.63. The fraction of sp³-hybridized carbons (Fsp3) is 0.667. The Morgan fingerprint density at radius 3 is 2.57 bits per heavy atom. The molecule has 0 spiro atoms. The van der Waals surface area contributed by atoms with Crippen LogP contribution in [0.3, 0.4) is 0 Å². The molecule has 1 aromatic rings. The number of hydrogen-bond acceptors (Lipinski definition) is 4. The van der Waals surface area contributed by atoms with Gasteiger partial charge in [-0.05, 0) is 25.7 Å². The van der Waals surface area contributed by atoms with E-state index in [9.17, 15) is 14.3 Å². The third kappa shape index (κ3) is 2.99. The normalized spacial score (nSPS) is 17.8. The Labute approximate surface area is 124 Å². The summed E-state index contributed by atoms with van der Waals surface area (Å²) < 4.78 is 14.3. The number of carboxylic acid groups (broad SMARTS) is 1. The minimum absolute atomic E-state index is 0.303. The third-order valence-corrected chi connectivity index (χ3v) is 4.38. The van der Waals surface area contributed by atoms with Crippen molar-refractivity contribution in [2.75, 3.05) is 18.0 Å². The monoisotopic (exact) mass is 295 g/mol. The van der Waals surface area contributed by atoms with E-state index in [1.54, 1.807) is 0 Å². The summed E-state index contributed by atoms with van der Waals surface area (Å²) in [7, 11) is 0. The number of rotatable bonds is 5. The minimum atomic E-state index is -0.735. The molecule has 1 aliphatic rings. The first-order valence-electron chi connectivity index (χ1n) is 7.51. The van der Waals surface area contributed by atoms with Crippen LogP contribution in [-0.4, -0.2) is 34.1 Å². The van der Waals surface area contributed by atoms with Gasteiger partial charge in [-0.1, -0.05) is 20.3 Å². The smallest absolute Gasteiger partial charge is 0.309 e. The van der Waals surface area contributed by atoms with Gasteiger partial charge in [-0.2, -0.15) is 0 Å². The van der Waals surface area contributed by atoms with Gasteiger partial charge < -0.3 is 10.0 Å². The van der Waals surface area contributed by atoms with Gasteiger partial charge in [0.05, 0.1) is 11.1 Å². The van der Waals surface area contributed by atoms with E-state index >= 15 is 0 Å². The van der Waals surface area contributed by atoms with Crippen molar-refractivity contribution in [1.29, 1.82) is 0 Å². The first-order chi connectivity index (χ1) is 10.0. The molecule has 1 aromatic heterocycles. The maximum atomic E-state index is 14.3. The predicted molar refractivity (Wildman–Crippen MR) is 77.8 cm³/mol. The first kappa shape index (κ1) is 15.7. The maximum Gasteiger partial charge on any atom is 0.309 e. The molecule has 2 rings (SSSR count). The number of aryl methyl sites for hydroxylation is 1. The molecule has 0 bridgehead atoms. The summed E-state index contributed by atoms with van der Waals surface area (Å²) in [5.41, 5.74) is -0.258. The maximum absolute atomic E-state index is 14.3. The van der Waals surface area contributed by atoms with E-state index in [0.717, 1.165) is 6.42 Å². The molecule has 1 saturated heterocycles. The zero-order valence-corrected chi connectivity index (χ0v) is 12.6. The zero-order valence-electron chi connectivity index (χ0n) is 12.6. The summed E-state index contributed by atoms with van der Waals surface area (Å²) in [5.74, 6) is -0.808. The van der Waals surface area contributed by atoms with E-state index in [2.05, 4.69) is 9.97 Å². The molecule has 0 aromatic carbocycles. The Kier molecular flexibility index (Phi) is 4.75. The van der Waals surface area contributed by atoms with Gasteiger partial charge in [0.2, 0.25) is 0 Å². The highest BCUT2D eigenvalue weighted by Crippen LogP contribution is 2.38. The molecule has 0 amide bonds. The highest BCUT2D eigenvalue weighted by Gasteiger charge is 2.41. The van der Waals surface area contributed by atoms with Crippen molar-refractivity contribution >= 4 is 11.8 Å². The van der Waals surface area contributed by atoms with Gasteiger partial charge in [0, 0.05) is 13.1 Å². The predicted octanol–water partition coefficient (Wildman–Crippen LogP) is 2.65. The SMILES string of the molecule is CCCC1(C(=O)O)CCN(c2ncnc(CC)c2F)CC1. The van der Waals surface area contributed by atoms with E-state index in [1.165, 1.54) is 6.33 Å². The summed E-state index contributed by atoms with van der Waals surface area (Å²) in [5, 5.41) is 9.50. The van der Waals surface area contributed by atoms with E-state index in [-0.39, 0.29) is 5.82 Å². The molecule has 116 valence electrons. The van der Waals surface area contributed by atoms with Crippen LogP contribution < -0.4 is 4.90 Å². The fourth-order valence-corrected chi connectivity index (χ4v) is 3.06. The Morgan fingerprint density at radius 2 is 2.05 bits per heavy atom. The Morgan fingerprint density at radius 1 is 1.38 bits per heavy atom. The van der Waals surface area contributed by atoms with Gasteiger partial charge in [-0.15, -0.1) is 0 Å². The van der Waals surface area contributed by atoms with E-state index in [0.29, 0.717) is 50.3 Å². The van der Waals surface area contributed by atoms with Crippen LogP contribution >= 0.6 is 0 Å². The number of aromatic nitrogens is 2. The first-order valence-corrected chi connectivity index (χ1v) is 7.51. The van der Waals surface area contributed by atoms with E-state index < -0.39 is 11.4 Å². The van der Waals surface area contributed by atoms with E-state index in [1.807, 2.05) is 18.7 Å². The lowest BCUT2D eigenvalue weighted by Crippen LogP contribution is -2.45. The van der Waals surface area contributed by atoms with Crippen LogP contribution in [0.1, 0.15) is 45.2 Å². The van der Waals surface area contributed by atoms with Gasteiger partial charge >= 0.3 is 5.97 Å². The van der Waals surface area contributed by atoms with Crippen LogP contribution in [0.25, 0.3) is 0 Å². The summed E-state index contributed by atoms with van der Waals surface area (Å²) in [6.45, 7) is 4.88. The summed E-state index contributed by atoms with van der Waals surface area (Å²) in [6.07, 6.45) is 4.46. The topological polar surface area (TPSA) is 66.3 Å². The lowest BCUT2D eigenvalue weighted by molar-refractivity contribution is -0.150. The molecule has 1 fully saturated rings. The number of anilines is 1. The highest BCUT2D eigenvalue weighted by molar-refractivity contribution is 5.75. The average Bonchev–Trinajstić information content (AvgIpc) is 2.48. The zero-order chi connectivity index (χ0) is 15.5. The largest absolute Gasteiger partial charge is 0.481 e. The molecule has 1 N–H and O–H groups in total. The van der Waals surface area contributed by atoms with Crippen LogP contribution in [0, 0.1) is 11.2 Å². The van der Waals surface area contributed by atoms with Crippen molar-refractivity contribution in [3.05, 3.63) is 17.8 Å². The molecule has 6 heteroatoms. The van der Waals surface area contributed by atoms with Crippen molar-refractivity contribution in [3.63, 3.8) is 0 Å². The highest BCUT2D eigenvalue weighted by atomic mass is 19.1. The molecule has 21 heavy (non-hydrogen) atoms. The number of piperidine rings is 1. The minimum Gasteiger partial charge on any atom is -0.481 e. The molecule has 1 aliphatic heterocycles. The Hall–Kier alpha value is -1.72. The van der Waals surface area contributed by atoms with Crippen molar-refractivity contribution in [2.24, 2.45) is 5.41 Å². The lowest BCUT2D eigenvalue weighted by atomic mass is 9.75. The summed E-state index contributed by atoms with van der Waals surface area (Å²) in [4.78, 5) is 21.4. The second kappa shape index (κ2) is 6.37. The van der Waals surface area contributed by atoms with Gasteiger partial charge in [-0.3, -0.25) is 4.79 Å². The Balaban J connectivity index is 2.16. The number of halogens is 1. The third-order valence-electron chi connectivity index (χ3n) is 4.38. The summed E-state index contributed by atoms with van der Waals surface area (Å²) >= 11 is 0. The van der Waals surface area contributed by atoms with Crippen LogP contribution in [0.5, 0.6) is 0 Å². The molecule has 0 radical (unpaired) electrons. The van der Waals surface area contributed by atoms with Gasteiger partial charge in [0.1, 0.15) is 6.33 Å². The molecule has 0 unspecified atom stereocenters. The second-order valence-electron chi connectivity index (χ2n) is 5.63. The molecule has 2 heterocycles. The summed E-state index contributed by atoms with van der Waals surface area (Å²) in [6, 6.07) is 0. The molecule has 0 atom stereocenters. The van der Waals surface area contributed by atoms with Gasteiger partial charge in [-0.25, -0.2) is 14.4 Å². The van der Waals surface area contributed by atoms with E-state index in [4.69, 9.17) is 0 Å². The van der Waals surface area contributed by atoms with Gasteiger partial charge in [0.25, 0.3) is 0 Å². The van der Waals surface area contributed by atoms with Crippen molar-refractivity contribution in [3.8, 4) is 0 Å². The standard InChI is InChI=1S/C15H22FN3O2/c1-3-5-15(14(20)21)6-8-19(9-7-15)13-12(16)11(4-2)17-10-18-13/h10H,3-9H2,1-2H3,(H,20,21). The molecule has 5 nitrogen and oxygen atoms in total. The molecule has 0 aliphatic carbocycles. The quantitative estimate of drug-likeness (QED) is 0.904. The number of aliphatic carboxylic acids is 1. The van der Waals surface area contributed by atoms with Crippen LogP contribution in [0.4, 0.5) is 10.2 Å². The number of nitrogens with zero attached hydrogens (tertiary/aromatic N) is 3. The molecule has 0 saturated carbocycles. The van der Waals surface area contributed by atoms with Crippen LogP contribution in [0.15, 0.2) is 6.33 Å². The van der Waals surface area contributed by atoms with Crippen molar-refractivity contribution < 1.29 is 14.3 Å².